The van der Waals surface area contributed by atoms with Gasteiger partial charge in [-0.15, -0.1) is 0 Å². The van der Waals surface area contributed by atoms with Crippen molar-refractivity contribution in [2.45, 2.75) is 19.3 Å². The molecule has 19 heavy (non-hydrogen) atoms. The van der Waals surface area contributed by atoms with Gasteiger partial charge in [0.25, 0.3) is 0 Å². The first-order valence-electron chi connectivity index (χ1n) is 6.31. The summed E-state index contributed by atoms with van der Waals surface area (Å²) in [6.45, 7) is 2.64. The molecule has 1 nitrogen and oxygen atoms in total. The Morgan fingerprint density at radius 1 is 1.11 bits per heavy atom. The molecule has 0 bridgehead atoms. The summed E-state index contributed by atoms with van der Waals surface area (Å²) in [6.07, 6.45) is 0.873. The van der Waals surface area contributed by atoms with Gasteiger partial charge in [-0.1, -0.05) is 65.2 Å². The molecule has 1 atom stereocenters. The van der Waals surface area contributed by atoms with Crippen LogP contribution >= 0.6 is 23.2 Å². The summed E-state index contributed by atoms with van der Waals surface area (Å²) in [5.74, 6) is 0.188. The highest BCUT2D eigenvalue weighted by Crippen LogP contribution is 2.32. The molecule has 0 aliphatic carbocycles. The SMILES string of the molecule is Cc1cccc(CC(CN)c2cccc(Cl)c2Cl)c1. The number of hydrogen-bond acceptors (Lipinski definition) is 1. The van der Waals surface area contributed by atoms with E-state index in [-0.39, 0.29) is 5.92 Å². The summed E-state index contributed by atoms with van der Waals surface area (Å²) >= 11 is 12.3. The fourth-order valence-electron chi connectivity index (χ4n) is 2.28. The van der Waals surface area contributed by atoms with Gasteiger partial charge in [0.15, 0.2) is 0 Å². The predicted octanol–water partition coefficient (Wildman–Crippen LogP) is 4.59. The number of nitrogens with two attached hydrogens (primary N) is 1. The molecule has 0 radical (unpaired) electrons. The van der Waals surface area contributed by atoms with Crippen molar-refractivity contribution in [1.82, 2.24) is 0 Å². The number of hydrogen-bond donors (Lipinski definition) is 1. The lowest BCUT2D eigenvalue weighted by Crippen LogP contribution is -2.15. The van der Waals surface area contributed by atoms with Crippen molar-refractivity contribution < 1.29 is 0 Å². The normalized spacial score (nSPS) is 12.4. The molecule has 0 saturated carbocycles. The van der Waals surface area contributed by atoms with E-state index in [1.54, 1.807) is 6.07 Å². The van der Waals surface area contributed by atoms with E-state index < -0.39 is 0 Å². The molecular formula is C16H17Cl2N. The zero-order valence-corrected chi connectivity index (χ0v) is 12.4. The van der Waals surface area contributed by atoms with Crippen LogP contribution in [0.4, 0.5) is 0 Å². The molecule has 1 unspecified atom stereocenters. The second-order valence-corrected chi connectivity index (χ2v) is 5.55. The van der Waals surface area contributed by atoms with Gasteiger partial charge >= 0.3 is 0 Å². The molecular weight excluding hydrogens is 277 g/mol. The van der Waals surface area contributed by atoms with E-state index in [2.05, 4.69) is 31.2 Å². The minimum Gasteiger partial charge on any atom is -0.330 e. The second kappa shape index (κ2) is 6.42. The molecule has 0 aliphatic heterocycles. The van der Waals surface area contributed by atoms with E-state index in [0.29, 0.717) is 16.6 Å². The van der Waals surface area contributed by atoms with Crippen molar-refractivity contribution in [3.05, 3.63) is 69.2 Å². The molecule has 0 aromatic heterocycles. The minimum absolute atomic E-state index is 0.188. The third-order valence-electron chi connectivity index (χ3n) is 3.27. The monoisotopic (exact) mass is 293 g/mol. The number of aryl methyl sites for hydroxylation is 1. The van der Waals surface area contributed by atoms with Crippen LogP contribution in [0, 0.1) is 6.92 Å². The van der Waals surface area contributed by atoms with E-state index in [0.717, 1.165) is 12.0 Å². The van der Waals surface area contributed by atoms with Crippen molar-refractivity contribution in [2.24, 2.45) is 5.73 Å². The van der Waals surface area contributed by atoms with Gasteiger partial charge in [-0.05, 0) is 37.1 Å². The Balaban J connectivity index is 2.28. The maximum Gasteiger partial charge on any atom is 0.0627 e. The molecule has 2 aromatic carbocycles. The molecule has 100 valence electrons. The maximum absolute atomic E-state index is 6.28. The van der Waals surface area contributed by atoms with Crippen molar-refractivity contribution in [3.63, 3.8) is 0 Å². The summed E-state index contributed by atoms with van der Waals surface area (Å²) in [7, 11) is 0. The fourth-order valence-corrected chi connectivity index (χ4v) is 2.74. The molecule has 2 N–H and O–H groups in total. The van der Waals surface area contributed by atoms with E-state index in [9.17, 15) is 0 Å². The van der Waals surface area contributed by atoms with E-state index in [1.807, 2.05) is 12.1 Å². The zero-order valence-electron chi connectivity index (χ0n) is 10.9. The minimum atomic E-state index is 0.188. The standard InChI is InChI=1S/C16H17Cl2N/c1-11-4-2-5-12(8-11)9-13(10-19)14-6-3-7-15(17)16(14)18/h2-8,13H,9-10,19H2,1H3. The summed E-state index contributed by atoms with van der Waals surface area (Å²) in [5, 5.41) is 1.20. The molecule has 0 heterocycles. The Labute approximate surface area is 124 Å². The van der Waals surface area contributed by atoms with Crippen LogP contribution in [0.1, 0.15) is 22.6 Å². The molecule has 0 spiro atoms. The lowest BCUT2D eigenvalue weighted by Gasteiger charge is -2.17. The second-order valence-electron chi connectivity index (χ2n) is 4.77. The first-order chi connectivity index (χ1) is 9.11. The summed E-state index contributed by atoms with van der Waals surface area (Å²) in [6, 6.07) is 14.2. The smallest absolute Gasteiger partial charge is 0.0627 e. The van der Waals surface area contributed by atoms with Crippen LogP contribution in [0.5, 0.6) is 0 Å². The third kappa shape index (κ3) is 3.50. The Bertz CT molecular complexity index is 566. The number of benzene rings is 2. The lowest BCUT2D eigenvalue weighted by molar-refractivity contribution is 0.694. The van der Waals surface area contributed by atoms with Crippen LogP contribution in [0.25, 0.3) is 0 Å². The van der Waals surface area contributed by atoms with Gasteiger partial charge in [0.1, 0.15) is 0 Å². The van der Waals surface area contributed by atoms with Crippen molar-refractivity contribution >= 4 is 23.2 Å². The summed E-state index contributed by atoms with van der Waals surface area (Å²) in [5.41, 5.74) is 9.46. The summed E-state index contributed by atoms with van der Waals surface area (Å²) < 4.78 is 0. The maximum atomic E-state index is 6.28. The van der Waals surface area contributed by atoms with Crippen LogP contribution in [0.3, 0.4) is 0 Å². The van der Waals surface area contributed by atoms with Crippen LogP contribution in [0.2, 0.25) is 10.0 Å². The highest BCUT2D eigenvalue weighted by molar-refractivity contribution is 6.42. The predicted molar refractivity (Wildman–Crippen MR) is 83.1 cm³/mol. The third-order valence-corrected chi connectivity index (χ3v) is 4.10. The first kappa shape index (κ1) is 14.4. The topological polar surface area (TPSA) is 26.0 Å². The Kier molecular flexibility index (Phi) is 4.87. The molecule has 3 heteroatoms. The molecule has 0 saturated heterocycles. The molecule has 0 amide bonds. The summed E-state index contributed by atoms with van der Waals surface area (Å²) in [4.78, 5) is 0. The van der Waals surface area contributed by atoms with E-state index in [1.165, 1.54) is 11.1 Å². The Hall–Kier alpha value is -1.02. The van der Waals surface area contributed by atoms with Gasteiger partial charge in [-0.25, -0.2) is 0 Å². The van der Waals surface area contributed by atoms with Crippen molar-refractivity contribution in [3.8, 4) is 0 Å². The average molecular weight is 294 g/mol. The average Bonchev–Trinajstić information content (AvgIpc) is 2.40. The van der Waals surface area contributed by atoms with Gasteiger partial charge < -0.3 is 5.73 Å². The van der Waals surface area contributed by atoms with Gasteiger partial charge in [-0.3, -0.25) is 0 Å². The molecule has 0 aliphatic rings. The number of rotatable bonds is 4. The van der Waals surface area contributed by atoms with Gasteiger partial charge in [0.05, 0.1) is 10.0 Å². The fraction of sp³-hybridized carbons (Fsp3) is 0.250. The highest BCUT2D eigenvalue weighted by atomic mass is 35.5. The van der Waals surface area contributed by atoms with Gasteiger partial charge in [0.2, 0.25) is 0 Å². The van der Waals surface area contributed by atoms with E-state index in [4.69, 9.17) is 28.9 Å². The Morgan fingerprint density at radius 2 is 1.84 bits per heavy atom. The van der Waals surface area contributed by atoms with E-state index >= 15 is 0 Å². The molecule has 2 aromatic rings. The lowest BCUT2D eigenvalue weighted by atomic mass is 9.91. The van der Waals surface area contributed by atoms with Crippen LogP contribution < -0.4 is 5.73 Å². The highest BCUT2D eigenvalue weighted by Gasteiger charge is 2.15. The first-order valence-corrected chi connectivity index (χ1v) is 7.07. The van der Waals surface area contributed by atoms with Crippen LogP contribution in [0.15, 0.2) is 42.5 Å². The number of halogens is 2. The van der Waals surface area contributed by atoms with Crippen LogP contribution in [-0.2, 0) is 6.42 Å². The molecule has 2 rings (SSSR count). The van der Waals surface area contributed by atoms with Gasteiger partial charge in [-0.2, -0.15) is 0 Å². The molecule has 0 fully saturated rings. The quantitative estimate of drug-likeness (QED) is 0.877. The Morgan fingerprint density at radius 3 is 2.53 bits per heavy atom. The van der Waals surface area contributed by atoms with Gasteiger partial charge in [0, 0.05) is 5.92 Å². The zero-order chi connectivity index (χ0) is 13.8. The van der Waals surface area contributed by atoms with Crippen molar-refractivity contribution in [2.75, 3.05) is 6.54 Å². The van der Waals surface area contributed by atoms with Crippen molar-refractivity contribution in [1.29, 1.82) is 0 Å². The largest absolute Gasteiger partial charge is 0.330 e. The van der Waals surface area contributed by atoms with Crippen LogP contribution in [-0.4, -0.2) is 6.54 Å².